The number of aliphatic hydroxyl groups is 1. The molecular weight excluding hydrogens is 452 g/mol. The van der Waals surface area contributed by atoms with Gasteiger partial charge in [-0.3, -0.25) is 0 Å². The lowest BCUT2D eigenvalue weighted by Gasteiger charge is -2.37. The van der Waals surface area contributed by atoms with Gasteiger partial charge in [0.2, 0.25) is 0 Å². The number of nitrogens with one attached hydrogen (secondary N) is 1. The van der Waals surface area contributed by atoms with Gasteiger partial charge in [-0.25, -0.2) is 13.6 Å². The quantitative estimate of drug-likeness (QED) is 0.542. The van der Waals surface area contributed by atoms with Gasteiger partial charge in [-0.05, 0) is 69.6 Å². The summed E-state index contributed by atoms with van der Waals surface area (Å²) < 4.78 is 33.4. The molecule has 1 heterocycles. The molecule has 1 atom stereocenters. The summed E-state index contributed by atoms with van der Waals surface area (Å²) in [5.74, 6) is -0.585. The Morgan fingerprint density at radius 3 is 2.46 bits per heavy atom. The van der Waals surface area contributed by atoms with Gasteiger partial charge in [0.1, 0.15) is 24.0 Å². The molecule has 0 radical (unpaired) electrons. The second kappa shape index (κ2) is 11.8. The normalized spacial score (nSPS) is 16.7. The third kappa shape index (κ3) is 7.64. The van der Waals surface area contributed by atoms with E-state index in [0.29, 0.717) is 17.9 Å². The summed E-state index contributed by atoms with van der Waals surface area (Å²) in [6.45, 7) is 7.90. The number of piperidine rings is 1. The molecule has 1 saturated heterocycles. The number of hydrogen-bond donors (Lipinski definition) is 2. The minimum absolute atomic E-state index is 0.0276. The van der Waals surface area contributed by atoms with Crippen LogP contribution in [-0.2, 0) is 13.1 Å². The third-order valence-corrected chi connectivity index (χ3v) is 6.89. The average molecular weight is 490 g/mol. The van der Waals surface area contributed by atoms with E-state index in [2.05, 4.69) is 10.2 Å². The molecule has 0 saturated carbocycles. The van der Waals surface area contributed by atoms with Crippen LogP contribution in [0.15, 0.2) is 42.5 Å². The largest absolute Gasteiger partial charge is 0.491 e. The molecule has 192 valence electrons. The standard InChI is InChI=1S/C27H37F2N3O3/c1-19(2)27(3,34)18-35-24-9-5-20(6-10-24)16-30-26(33)32(23-11-13-31(4)14-12-23)17-21-7-8-22(28)15-25(21)29/h5-10,15,19,23,34H,11-14,16-18H2,1-4H3,(H,30,33)/t27-/m1/s1. The molecule has 1 aliphatic rings. The Morgan fingerprint density at radius 2 is 1.86 bits per heavy atom. The Morgan fingerprint density at radius 1 is 1.20 bits per heavy atom. The number of rotatable bonds is 9. The highest BCUT2D eigenvalue weighted by Gasteiger charge is 2.28. The molecule has 0 spiro atoms. The maximum absolute atomic E-state index is 14.3. The van der Waals surface area contributed by atoms with E-state index >= 15 is 0 Å². The number of urea groups is 1. The third-order valence-electron chi connectivity index (χ3n) is 6.89. The first-order valence-electron chi connectivity index (χ1n) is 12.2. The molecule has 6 nitrogen and oxygen atoms in total. The zero-order valence-electron chi connectivity index (χ0n) is 21.1. The molecule has 0 aromatic heterocycles. The van der Waals surface area contributed by atoms with Gasteiger partial charge in [-0.2, -0.15) is 0 Å². The number of likely N-dealkylation sites (tertiary alicyclic amines) is 1. The molecular formula is C27H37F2N3O3. The van der Waals surface area contributed by atoms with E-state index in [1.54, 1.807) is 24.0 Å². The first kappa shape index (κ1) is 26.9. The topological polar surface area (TPSA) is 65.0 Å². The number of carbonyl (C=O) groups excluding carboxylic acids is 1. The van der Waals surface area contributed by atoms with Crippen molar-refractivity contribution >= 4 is 6.03 Å². The van der Waals surface area contributed by atoms with Gasteiger partial charge in [0, 0.05) is 24.2 Å². The fraction of sp³-hybridized carbons (Fsp3) is 0.519. The van der Waals surface area contributed by atoms with Crippen LogP contribution in [0.3, 0.4) is 0 Å². The summed E-state index contributed by atoms with van der Waals surface area (Å²) in [6.07, 6.45) is 1.58. The van der Waals surface area contributed by atoms with E-state index < -0.39 is 17.2 Å². The zero-order chi connectivity index (χ0) is 25.6. The fourth-order valence-corrected chi connectivity index (χ4v) is 3.89. The first-order valence-corrected chi connectivity index (χ1v) is 12.2. The van der Waals surface area contributed by atoms with Gasteiger partial charge in [0.25, 0.3) is 0 Å². The smallest absolute Gasteiger partial charge is 0.318 e. The minimum atomic E-state index is -0.923. The molecule has 35 heavy (non-hydrogen) atoms. The predicted molar refractivity (Wildman–Crippen MR) is 132 cm³/mol. The van der Waals surface area contributed by atoms with Crippen molar-refractivity contribution in [1.29, 1.82) is 0 Å². The van der Waals surface area contributed by atoms with Crippen molar-refractivity contribution in [2.75, 3.05) is 26.7 Å². The SMILES string of the molecule is CC(C)[C@](C)(O)COc1ccc(CNC(=O)N(Cc2ccc(F)cc2F)C2CCN(C)CC2)cc1. The number of nitrogens with zero attached hydrogens (tertiary/aromatic N) is 2. The molecule has 8 heteroatoms. The molecule has 0 bridgehead atoms. The van der Waals surface area contributed by atoms with Crippen LogP contribution in [0.4, 0.5) is 13.6 Å². The molecule has 1 fully saturated rings. The number of ether oxygens (including phenoxy) is 1. The lowest BCUT2D eigenvalue weighted by Crippen LogP contribution is -2.49. The van der Waals surface area contributed by atoms with E-state index in [0.717, 1.165) is 37.6 Å². The van der Waals surface area contributed by atoms with Gasteiger partial charge in [-0.1, -0.05) is 32.0 Å². The highest BCUT2D eigenvalue weighted by molar-refractivity contribution is 5.74. The summed E-state index contributed by atoms with van der Waals surface area (Å²) >= 11 is 0. The Kier molecular flexibility index (Phi) is 9.08. The molecule has 0 aliphatic carbocycles. The van der Waals surface area contributed by atoms with Gasteiger partial charge in [0.15, 0.2) is 0 Å². The van der Waals surface area contributed by atoms with E-state index in [-0.39, 0.29) is 31.1 Å². The van der Waals surface area contributed by atoms with Crippen LogP contribution < -0.4 is 10.1 Å². The van der Waals surface area contributed by atoms with Crippen molar-refractivity contribution in [3.05, 3.63) is 65.2 Å². The summed E-state index contributed by atoms with van der Waals surface area (Å²) in [5.41, 5.74) is 0.255. The van der Waals surface area contributed by atoms with Gasteiger partial charge in [-0.15, -0.1) is 0 Å². The van der Waals surface area contributed by atoms with Crippen LogP contribution in [0.25, 0.3) is 0 Å². The molecule has 2 aromatic rings. The minimum Gasteiger partial charge on any atom is -0.491 e. The second-order valence-corrected chi connectivity index (χ2v) is 10.0. The van der Waals surface area contributed by atoms with Gasteiger partial charge in [0.05, 0.1) is 12.1 Å². The molecule has 2 amide bonds. The van der Waals surface area contributed by atoms with Crippen molar-refractivity contribution < 1.29 is 23.4 Å². The molecule has 3 rings (SSSR count). The number of amides is 2. The van der Waals surface area contributed by atoms with Crippen molar-refractivity contribution in [3.8, 4) is 5.75 Å². The average Bonchev–Trinajstić information content (AvgIpc) is 2.82. The van der Waals surface area contributed by atoms with E-state index in [1.165, 1.54) is 12.1 Å². The van der Waals surface area contributed by atoms with Crippen molar-refractivity contribution in [2.45, 2.75) is 58.3 Å². The summed E-state index contributed by atoms with van der Waals surface area (Å²) in [4.78, 5) is 17.0. The lowest BCUT2D eigenvalue weighted by atomic mass is 9.94. The molecule has 2 N–H and O–H groups in total. The van der Waals surface area contributed by atoms with E-state index in [9.17, 15) is 18.7 Å². The van der Waals surface area contributed by atoms with Crippen LogP contribution in [0, 0.1) is 17.6 Å². The number of hydrogen-bond acceptors (Lipinski definition) is 4. The van der Waals surface area contributed by atoms with E-state index in [4.69, 9.17) is 4.74 Å². The number of halogens is 2. The van der Waals surface area contributed by atoms with Crippen molar-refractivity contribution in [2.24, 2.45) is 5.92 Å². The van der Waals surface area contributed by atoms with Crippen LogP contribution in [0.5, 0.6) is 5.75 Å². The molecule has 1 aliphatic heterocycles. The summed E-state index contributed by atoms with van der Waals surface area (Å²) in [5, 5.41) is 13.3. The highest BCUT2D eigenvalue weighted by Crippen LogP contribution is 2.22. The maximum Gasteiger partial charge on any atom is 0.318 e. The Balaban J connectivity index is 1.62. The summed E-state index contributed by atoms with van der Waals surface area (Å²) in [6, 6.07) is 10.5. The Hall–Kier alpha value is -2.71. The maximum atomic E-state index is 14.3. The molecule has 0 unspecified atom stereocenters. The fourth-order valence-electron chi connectivity index (χ4n) is 3.89. The van der Waals surface area contributed by atoms with Crippen LogP contribution in [0.1, 0.15) is 44.7 Å². The number of carbonyl (C=O) groups is 1. The predicted octanol–water partition coefficient (Wildman–Crippen LogP) is 4.56. The Bertz CT molecular complexity index is 974. The number of benzene rings is 2. The summed E-state index contributed by atoms with van der Waals surface area (Å²) in [7, 11) is 2.04. The zero-order valence-corrected chi connectivity index (χ0v) is 21.1. The van der Waals surface area contributed by atoms with Gasteiger partial charge >= 0.3 is 6.03 Å². The lowest BCUT2D eigenvalue weighted by molar-refractivity contribution is -0.0266. The van der Waals surface area contributed by atoms with Crippen molar-refractivity contribution in [3.63, 3.8) is 0 Å². The van der Waals surface area contributed by atoms with Crippen LogP contribution in [-0.4, -0.2) is 59.3 Å². The van der Waals surface area contributed by atoms with Gasteiger partial charge < -0.3 is 25.0 Å². The Labute approximate surface area is 206 Å². The van der Waals surface area contributed by atoms with Crippen molar-refractivity contribution in [1.82, 2.24) is 15.1 Å². The van der Waals surface area contributed by atoms with Crippen LogP contribution in [0.2, 0.25) is 0 Å². The first-order chi connectivity index (χ1) is 16.5. The second-order valence-electron chi connectivity index (χ2n) is 10.0. The van der Waals surface area contributed by atoms with Crippen LogP contribution >= 0.6 is 0 Å². The monoisotopic (exact) mass is 489 g/mol. The highest BCUT2D eigenvalue weighted by atomic mass is 19.1. The van der Waals surface area contributed by atoms with E-state index in [1.807, 2.05) is 33.0 Å². The molecule has 2 aromatic carbocycles.